The summed E-state index contributed by atoms with van der Waals surface area (Å²) in [5.74, 6) is 1.08. The van der Waals surface area contributed by atoms with Gasteiger partial charge in [-0.05, 0) is 49.1 Å². The molecule has 8 nitrogen and oxygen atoms in total. The van der Waals surface area contributed by atoms with Crippen molar-refractivity contribution in [3.8, 4) is 11.3 Å². The fourth-order valence-electron chi connectivity index (χ4n) is 3.64. The Hall–Kier alpha value is -3.52. The maximum atomic E-state index is 12.6. The van der Waals surface area contributed by atoms with Crippen LogP contribution >= 0.6 is 11.6 Å². The number of hydrogen-bond acceptors (Lipinski definition) is 6. The molecular formula is C23H22ClN5O3. The van der Waals surface area contributed by atoms with Gasteiger partial charge in [-0.25, -0.2) is 0 Å². The van der Waals surface area contributed by atoms with Crippen molar-refractivity contribution < 1.29 is 9.72 Å². The molecule has 2 aromatic carbocycles. The first-order chi connectivity index (χ1) is 15.4. The Balaban J connectivity index is 1.50. The summed E-state index contributed by atoms with van der Waals surface area (Å²) in [6.07, 6.45) is 2.31. The Morgan fingerprint density at radius 2 is 1.91 bits per heavy atom. The van der Waals surface area contributed by atoms with Gasteiger partial charge >= 0.3 is 0 Å². The summed E-state index contributed by atoms with van der Waals surface area (Å²) in [4.78, 5) is 25.3. The number of non-ortho nitro benzene ring substituents is 1. The maximum absolute atomic E-state index is 12.6. The number of rotatable bonds is 5. The SMILES string of the molecule is CC1CCN(c2ccc(-c3cccc(NC(=O)c4cc([N+](=O)[O-])ccc4Cl)c3)nn2)CC1. The number of carbonyl (C=O) groups is 1. The molecule has 1 saturated heterocycles. The van der Waals surface area contributed by atoms with E-state index in [2.05, 4.69) is 27.3 Å². The molecule has 0 aliphatic carbocycles. The minimum Gasteiger partial charge on any atom is -0.355 e. The van der Waals surface area contributed by atoms with Crippen molar-refractivity contribution in [2.45, 2.75) is 19.8 Å². The van der Waals surface area contributed by atoms with Gasteiger partial charge in [0.2, 0.25) is 0 Å². The Morgan fingerprint density at radius 1 is 1.12 bits per heavy atom. The van der Waals surface area contributed by atoms with Crippen molar-refractivity contribution in [1.29, 1.82) is 0 Å². The summed E-state index contributed by atoms with van der Waals surface area (Å²) >= 11 is 6.07. The van der Waals surface area contributed by atoms with Gasteiger partial charge in [-0.3, -0.25) is 14.9 Å². The largest absolute Gasteiger partial charge is 0.355 e. The molecule has 1 fully saturated rings. The molecule has 3 aromatic rings. The van der Waals surface area contributed by atoms with E-state index in [0.717, 1.165) is 49.3 Å². The number of benzene rings is 2. The molecule has 1 aliphatic rings. The zero-order valence-corrected chi connectivity index (χ0v) is 18.2. The number of aromatic nitrogens is 2. The minimum atomic E-state index is -0.569. The average molecular weight is 452 g/mol. The van der Waals surface area contributed by atoms with Crippen molar-refractivity contribution in [2.75, 3.05) is 23.3 Å². The zero-order valence-electron chi connectivity index (χ0n) is 17.5. The third-order valence-corrected chi connectivity index (χ3v) is 5.91. The lowest BCUT2D eigenvalue weighted by Crippen LogP contribution is -2.33. The Kier molecular flexibility index (Phi) is 6.32. The Labute approximate surface area is 190 Å². The van der Waals surface area contributed by atoms with E-state index in [1.54, 1.807) is 18.2 Å². The quantitative estimate of drug-likeness (QED) is 0.423. The lowest BCUT2D eigenvalue weighted by molar-refractivity contribution is -0.384. The molecule has 1 amide bonds. The van der Waals surface area contributed by atoms with Gasteiger partial charge in [-0.15, -0.1) is 10.2 Å². The average Bonchev–Trinajstić information content (AvgIpc) is 2.80. The third kappa shape index (κ3) is 4.86. The number of halogens is 1. The van der Waals surface area contributed by atoms with Crippen LogP contribution < -0.4 is 10.2 Å². The maximum Gasteiger partial charge on any atom is 0.270 e. The van der Waals surface area contributed by atoms with Crippen molar-refractivity contribution in [1.82, 2.24) is 10.2 Å². The van der Waals surface area contributed by atoms with Gasteiger partial charge in [0.05, 0.1) is 21.2 Å². The fraction of sp³-hybridized carbons (Fsp3) is 0.261. The molecule has 0 atom stereocenters. The van der Waals surface area contributed by atoms with Crippen LogP contribution in [-0.4, -0.2) is 34.1 Å². The molecule has 4 rings (SSSR count). The first kappa shape index (κ1) is 21.7. The highest BCUT2D eigenvalue weighted by atomic mass is 35.5. The monoisotopic (exact) mass is 451 g/mol. The zero-order chi connectivity index (χ0) is 22.7. The summed E-state index contributed by atoms with van der Waals surface area (Å²) in [5.41, 5.74) is 1.83. The van der Waals surface area contributed by atoms with E-state index in [1.807, 2.05) is 18.2 Å². The topological polar surface area (TPSA) is 101 Å². The number of piperidine rings is 1. The number of amides is 1. The van der Waals surface area contributed by atoms with Crippen molar-refractivity contribution in [2.24, 2.45) is 5.92 Å². The highest BCUT2D eigenvalue weighted by Crippen LogP contribution is 2.26. The molecule has 1 aromatic heterocycles. The molecule has 0 spiro atoms. The molecule has 0 saturated carbocycles. The van der Waals surface area contributed by atoms with E-state index < -0.39 is 10.8 Å². The Morgan fingerprint density at radius 3 is 2.59 bits per heavy atom. The Bertz CT molecular complexity index is 1140. The molecule has 0 unspecified atom stereocenters. The highest BCUT2D eigenvalue weighted by molar-refractivity contribution is 6.34. The number of anilines is 2. The molecule has 0 radical (unpaired) electrons. The normalized spacial score (nSPS) is 14.2. The van der Waals surface area contributed by atoms with Gasteiger partial charge < -0.3 is 10.2 Å². The summed E-state index contributed by atoms with van der Waals surface area (Å²) in [6, 6.07) is 14.8. The van der Waals surface area contributed by atoms with Crippen LogP contribution in [0.4, 0.5) is 17.2 Å². The number of nitrogens with one attached hydrogen (secondary N) is 1. The van der Waals surface area contributed by atoms with Crippen molar-refractivity contribution in [3.05, 3.63) is 75.3 Å². The van der Waals surface area contributed by atoms with Crippen molar-refractivity contribution in [3.63, 3.8) is 0 Å². The lowest BCUT2D eigenvalue weighted by Gasteiger charge is -2.30. The number of nitro benzene ring substituents is 1. The van der Waals surface area contributed by atoms with Gasteiger partial charge in [0.15, 0.2) is 5.82 Å². The van der Waals surface area contributed by atoms with Gasteiger partial charge in [-0.2, -0.15) is 0 Å². The number of carbonyl (C=O) groups excluding carboxylic acids is 1. The van der Waals surface area contributed by atoms with Crippen LogP contribution in [0.5, 0.6) is 0 Å². The van der Waals surface area contributed by atoms with E-state index in [-0.39, 0.29) is 16.3 Å². The minimum absolute atomic E-state index is 0.0336. The van der Waals surface area contributed by atoms with Crippen LogP contribution in [-0.2, 0) is 0 Å². The van der Waals surface area contributed by atoms with Crippen LogP contribution in [0.25, 0.3) is 11.3 Å². The van der Waals surface area contributed by atoms with Crippen LogP contribution in [0, 0.1) is 16.0 Å². The fourth-order valence-corrected chi connectivity index (χ4v) is 3.84. The van der Waals surface area contributed by atoms with Crippen molar-refractivity contribution >= 4 is 34.7 Å². The summed E-state index contributed by atoms with van der Waals surface area (Å²) in [5, 5.41) is 22.6. The predicted molar refractivity (Wildman–Crippen MR) is 124 cm³/mol. The van der Waals surface area contributed by atoms with Crippen LogP contribution in [0.1, 0.15) is 30.1 Å². The van der Waals surface area contributed by atoms with Crippen LogP contribution in [0.15, 0.2) is 54.6 Å². The number of nitrogens with zero attached hydrogens (tertiary/aromatic N) is 4. The summed E-state index contributed by atoms with van der Waals surface area (Å²) < 4.78 is 0. The second-order valence-corrected chi connectivity index (χ2v) is 8.31. The highest BCUT2D eigenvalue weighted by Gasteiger charge is 2.18. The molecule has 32 heavy (non-hydrogen) atoms. The molecule has 164 valence electrons. The summed E-state index contributed by atoms with van der Waals surface area (Å²) in [7, 11) is 0. The molecule has 2 heterocycles. The molecule has 1 aliphatic heterocycles. The van der Waals surface area contributed by atoms with E-state index in [4.69, 9.17) is 11.6 Å². The summed E-state index contributed by atoms with van der Waals surface area (Å²) in [6.45, 7) is 4.23. The van der Waals surface area contributed by atoms with E-state index in [9.17, 15) is 14.9 Å². The second kappa shape index (κ2) is 9.32. The van der Waals surface area contributed by atoms with E-state index >= 15 is 0 Å². The number of hydrogen-bond donors (Lipinski definition) is 1. The molecule has 1 N–H and O–H groups in total. The van der Waals surface area contributed by atoms with Gasteiger partial charge in [0.25, 0.3) is 11.6 Å². The smallest absolute Gasteiger partial charge is 0.270 e. The standard InChI is InChI=1S/C23H22ClN5O3/c1-15-9-11-28(12-10-15)22-8-7-21(26-27-22)16-3-2-4-17(13-16)25-23(30)19-14-18(29(31)32)5-6-20(19)24/h2-8,13-15H,9-12H2,1H3,(H,25,30). The van der Waals surface area contributed by atoms with Gasteiger partial charge in [0, 0.05) is 36.5 Å². The predicted octanol–water partition coefficient (Wildman–Crippen LogP) is 5.19. The first-order valence-electron chi connectivity index (χ1n) is 10.3. The molecule has 9 heteroatoms. The first-order valence-corrected chi connectivity index (χ1v) is 10.7. The van der Waals surface area contributed by atoms with Crippen LogP contribution in [0.2, 0.25) is 5.02 Å². The molecule has 0 bridgehead atoms. The van der Waals surface area contributed by atoms with Gasteiger partial charge in [-0.1, -0.05) is 30.7 Å². The van der Waals surface area contributed by atoms with E-state index in [0.29, 0.717) is 11.4 Å². The molecular weight excluding hydrogens is 430 g/mol. The number of nitro groups is 1. The second-order valence-electron chi connectivity index (χ2n) is 7.90. The van der Waals surface area contributed by atoms with Crippen LogP contribution in [0.3, 0.4) is 0 Å². The third-order valence-electron chi connectivity index (χ3n) is 5.58. The van der Waals surface area contributed by atoms with Gasteiger partial charge in [0.1, 0.15) is 0 Å². The van der Waals surface area contributed by atoms with E-state index in [1.165, 1.54) is 12.1 Å². The lowest BCUT2D eigenvalue weighted by atomic mass is 9.99.